The van der Waals surface area contributed by atoms with E-state index in [2.05, 4.69) is 34.2 Å². The zero-order valence-electron chi connectivity index (χ0n) is 15.3. The summed E-state index contributed by atoms with van der Waals surface area (Å²) in [5.74, 6) is 0.843. The molecule has 5 heteroatoms. The summed E-state index contributed by atoms with van der Waals surface area (Å²) in [5, 5.41) is 3.06. The number of carbonyl (C=O) groups excluding carboxylic acids is 1. The highest BCUT2D eigenvalue weighted by Crippen LogP contribution is 2.28. The summed E-state index contributed by atoms with van der Waals surface area (Å²) in [7, 11) is 0. The average molecular weight is 342 g/mol. The number of urea groups is 1. The molecule has 4 rings (SSSR count). The van der Waals surface area contributed by atoms with Gasteiger partial charge >= 0.3 is 6.03 Å². The Morgan fingerprint density at radius 1 is 0.920 bits per heavy atom. The van der Waals surface area contributed by atoms with E-state index in [1.165, 1.54) is 31.4 Å². The highest BCUT2D eigenvalue weighted by molar-refractivity contribution is 5.89. The molecule has 0 spiro atoms. The summed E-state index contributed by atoms with van der Waals surface area (Å²) in [6.45, 7) is 8.32. The van der Waals surface area contributed by atoms with Crippen LogP contribution < -0.4 is 10.2 Å². The molecule has 0 aromatic heterocycles. The van der Waals surface area contributed by atoms with Crippen molar-refractivity contribution in [3.05, 3.63) is 24.3 Å². The van der Waals surface area contributed by atoms with E-state index in [1.807, 2.05) is 17.0 Å². The Bertz CT molecular complexity index is 582. The Labute approximate surface area is 151 Å². The quantitative estimate of drug-likeness (QED) is 0.916. The standard InChI is InChI=1S/C20H30N4O/c1-16-8-10-22(11-9-16)18-4-2-17(3-5-18)21-20(25)24-14-12-23(13-15-24)19-6-7-19/h2-5,16,19H,6-15H2,1H3,(H,21,25). The summed E-state index contributed by atoms with van der Waals surface area (Å²) < 4.78 is 0. The van der Waals surface area contributed by atoms with Crippen LogP contribution in [0, 0.1) is 5.92 Å². The Balaban J connectivity index is 1.28. The van der Waals surface area contributed by atoms with Crippen molar-refractivity contribution in [2.45, 2.75) is 38.6 Å². The topological polar surface area (TPSA) is 38.8 Å². The molecule has 25 heavy (non-hydrogen) atoms. The molecule has 3 fully saturated rings. The second-order valence-corrected chi connectivity index (χ2v) is 7.90. The van der Waals surface area contributed by atoms with E-state index in [0.29, 0.717) is 0 Å². The van der Waals surface area contributed by atoms with Gasteiger partial charge in [0.2, 0.25) is 0 Å². The molecule has 0 bridgehead atoms. The van der Waals surface area contributed by atoms with Gasteiger partial charge in [0.1, 0.15) is 0 Å². The smallest absolute Gasteiger partial charge is 0.321 e. The maximum atomic E-state index is 12.5. The molecule has 0 atom stereocenters. The molecule has 1 aromatic rings. The normalized spacial score (nSPS) is 22.9. The van der Waals surface area contributed by atoms with Gasteiger partial charge in [-0.3, -0.25) is 4.90 Å². The first kappa shape index (κ1) is 16.7. The van der Waals surface area contributed by atoms with Crippen LogP contribution in [0.3, 0.4) is 0 Å². The number of nitrogens with one attached hydrogen (secondary N) is 1. The predicted molar refractivity (Wildman–Crippen MR) is 102 cm³/mol. The Hall–Kier alpha value is -1.75. The molecular formula is C20H30N4O. The molecule has 3 aliphatic rings. The number of nitrogens with zero attached hydrogens (tertiary/aromatic N) is 3. The molecule has 1 aromatic carbocycles. The van der Waals surface area contributed by atoms with Gasteiger partial charge in [0, 0.05) is 56.7 Å². The van der Waals surface area contributed by atoms with Crippen LogP contribution in [0.15, 0.2) is 24.3 Å². The van der Waals surface area contributed by atoms with Crippen LogP contribution in [0.5, 0.6) is 0 Å². The fourth-order valence-electron chi connectivity index (χ4n) is 3.95. The number of hydrogen-bond acceptors (Lipinski definition) is 3. The highest BCUT2D eigenvalue weighted by Gasteiger charge is 2.32. The number of rotatable bonds is 3. The van der Waals surface area contributed by atoms with Crippen molar-refractivity contribution < 1.29 is 4.79 Å². The van der Waals surface area contributed by atoms with Crippen LogP contribution in [-0.2, 0) is 0 Å². The lowest BCUT2D eigenvalue weighted by Crippen LogP contribution is -2.50. The lowest BCUT2D eigenvalue weighted by atomic mass is 9.99. The van der Waals surface area contributed by atoms with Crippen LogP contribution in [-0.4, -0.2) is 61.1 Å². The van der Waals surface area contributed by atoms with Crippen molar-refractivity contribution in [2.24, 2.45) is 5.92 Å². The molecule has 2 heterocycles. The molecule has 2 saturated heterocycles. The highest BCUT2D eigenvalue weighted by atomic mass is 16.2. The second kappa shape index (κ2) is 7.24. The van der Waals surface area contributed by atoms with Crippen LogP contribution in [0.2, 0.25) is 0 Å². The largest absolute Gasteiger partial charge is 0.372 e. The third kappa shape index (κ3) is 4.09. The minimum atomic E-state index is 0.0370. The van der Waals surface area contributed by atoms with Gasteiger partial charge in [0.15, 0.2) is 0 Å². The van der Waals surface area contributed by atoms with Gasteiger partial charge in [-0.05, 0) is 55.9 Å². The van der Waals surface area contributed by atoms with E-state index in [-0.39, 0.29) is 6.03 Å². The average Bonchev–Trinajstić information content (AvgIpc) is 3.48. The number of hydrogen-bond donors (Lipinski definition) is 1. The number of amides is 2. The summed E-state index contributed by atoms with van der Waals surface area (Å²) >= 11 is 0. The predicted octanol–water partition coefficient (Wildman–Crippen LogP) is 3.23. The SMILES string of the molecule is CC1CCN(c2ccc(NC(=O)N3CCN(C4CC4)CC3)cc2)CC1. The number of piperidine rings is 1. The summed E-state index contributed by atoms with van der Waals surface area (Å²) in [6.07, 6.45) is 5.22. The van der Waals surface area contributed by atoms with E-state index in [1.54, 1.807) is 0 Å². The van der Waals surface area contributed by atoms with Gasteiger partial charge in [-0.2, -0.15) is 0 Å². The second-order valence-electron chi connectivity index (χ2n) is 7.90. The van der Waals surface area contributed by atoms with Gasteiger partial charge in [-0.1, -0.05) is 6.92 Å². The molecule has 1 N–H and O–H groups in total. The number of carbonyl (C=O) groups is 1. The first-order valence-corrected chi connectivity index (χ1v) is 9.84. The third-order valence-corrected chi connectivity index (χ3v) is 5.93. The molecule has 2 amide bonds. The van der Waals surface area contributed by atoms with Crippen molar-refractivity contribution >= 4 is 17.4 Å². The summed E-state index contributed by atoms with van der Waals surface area (Å²) in [6, 6.07) is 9.18. The maximum absolute atomic E-state index is 12.5. The minimum absolute atomic E-state index is 0.0370. The number of piperazine rings is 1. The zero-order chi connectivity index (χ0) is 17.2. The Morgan fingerprint density at radius 2 is 1.56 bits per heavy atom. The molecular weight excluding hydrogens is 312 g/mol. The lowest BCUT2D eigenvalue weighted by Gasteiger charge is -2.34. The van der Waals surface area contributed by atoms with Crippen molar-refractivity contribution in [2.75, 3.05) is 49.5 Å². The van der Waals surface area contributed by atoms with Crippen molar-refractivity contribution in [1.29, 1.82) is 0 Å². The zero-order valence-corrected chi connectivity index (χ0v) is 15.3. The molecule has 5 nitrogen and oxygen atoms in total. The molecule has 136 valence electrons. The first-order valence-electron chi connectivity index (χ1n) is 9.84. The molecule has 2 aliphatic heterocycles. The van der Waals surface area contributed by atoms with Crippen molar-refractivity contribution in [1.82, 2.24) is 9.80 Å². The van der Waals surface area contributed by atoms with Gasteiger partial charge in [-0.25, -0.2) is 4.79 Å². The van der Waals surface area contributed by atoms with E-state index in [0.717, 1.165) is 56.9 Å². The fourth-order valence-corrected chi connectivity index (χ4v) is 3.95. The molecule has 1 aliphatic carbocycles. The van der Waals surface area contributed by atoms with E-state index < -0.39 is 0 Å². The van der Waals surface area contributed by atoms with Gasteiger partial charge in [0.05, 0.1) is 0 Å². The van der Waals surface area contributed by atoms with E-state index in [9.17, 15) is 4.79 Å². The first-order chi connectivity index (χ1) is 12.2. The fraction of sp³-hybridized carbons (Fsp3) is 0.650. The van der Waals surface area contributed by atoms with Crippen LogP contribution in [0.4, 0.5) is 16.2 Å². The third-order valence-electron chi connectivity index (χ3n) is 5.93. The van der Waals surface area contributed by atoms with E-state index in [4.69, 9.17) is 0 Å². The van der Waals surface area contributed by atoms with Gasteiger partial charge in [-0.15, -0.1) is 0 Å². The van der Waals surface area contributed by atoms with Crippen molar-refractivity contribution in [3.8, 4) is 0 Å². The van der Waals surface area contributed by atoms with Crippen LogP contribution >= 0.6 is 0 Å². The van der Waals surface area contributed by atoms with Crippen LogP contribution in [0.25, 0.3) is 0 Å². The Kier molecular flexibility index (Phi) is 4.84. The van der Waals surface area contributed by atoms with Crippen molar-refractivity contribution in [3.63, 3.8) is 0 Å². The van der Waals surface area contributed by atoms with Gasteiger partial charge in [0.25, 0.3) is 0 Å². The number of benzene rings is 1. The van der Waals surface area contributed by atoms with Gasteiger partial charge < -0.3 is 15.1 Å². The molecule has 0 unspecified atom stereocenters. The monoisotopic (exact) mass is 342 g/mol. The maximum Gasteiger partial charge on any atom is 0.321 e. The number of anilines is 2. The summed E-state index contributed by atoms with van der Waals surface area (Å²) in [4.78, 5) is 19.4. The van der Waals surface area contributed by atoms with E-state index >= 15 is 0 Å². The molecule has 1 saturated carbocycles. The van der Waals surface area contributed by atoms with Crippen LogP contribution in [0.1, 0.15) is 32.6 Å². The summed E-state index contributed by atoms with van der Waals surface area (Å²) in [5.41, 5.74) is 2.16. The Morgan fingerprint density at radius 3 is 2.16 bits per heavy atom. The lowest BCUT2D eigenvalue weighted by molar-refractivity contribution is 0.142. The minimum Gasteiger partial charge on any atom is -0.372 e. The molecule has 0 radical (unpaired) electrons.